The summed E-state index contributed by atoms with van der Waals surface area (Å²) in [7, 11) is 0. The van der Waals surface area contributed by atoms with E-state index in [1.807, 2.05) is 0 Å². The fraction of sp³-hybridized carbons (Fsp3) is 0.333. The molecule has 13 heavy (non-hydrogen) atoms. The summed E-state index contributed by atoms with van der Waals surface area (Å²) >= 11 is 0. The molecular weight excluding hydrogens is 170 g/mol. The van der Waals surface area contributed by atoms with E-state index >= 15 is 0 Å². The predicted molar refractivity (Wildman–Crippen MR) is 46.8 cm³/mol. The molecule has 1 saturated heterocycles. The van der Waals surface area contributed by atoms with Gasteiger partial charge in [-0.25, -0.2) is 0 Å². The fourth-order valence-electron chi connectivity index (χ4n) is 1.50. The lowest BCUT2D eigenvalue weighted by Crippen LogP contribution is -2.34. The Labute approximate surface area is 75.5 Å². The third-order valence-corrected chi connectivity index (χ3v) is 2.29. The van der Waals surface area contributed by atoms with Crippen LogP contribution in [0.1, 0.15) is 18.0 Å². The largest absolute Gasteiger partial charge is 0.508 e. The molecule has 1 aromatic rings. The van der Waals surface area contributed by atoms with E-state index < -0.39 is 0 Å². The van der Waals surface area contributed by atoms with E-state index in [-0.39, 0.29) is 23.3 Å². The van der Waals surface area contributed by atoms with Crippen molar-refractivity contribution in [1.29, 1.82) is 0 Å². The summed E-state index contributed by atoms with van der Waals surface area (Å²) in [5.41, 5.74) is 0.476. The molecule has 70 valence electrons. The van der Waals surface area contributed by atoms with Crippen LogP contribution in [0, 0.1) is 0 Å². The molecule has 2 rings (SSSR count). The number of hydrogen-bond acceptors (Lipinski definition) is 4. The predicted octanol–water partition coefficient (Wildman–Crippen LogP) is 0.838. The maximum absolute atomic E-state index is 9.45. The number of benzene rings is 1. The summed E-state index contributed by atoms with van der Waals surface area (Å²) in [5, 5.41) is 31.0. The molecule has 1 atom stereocenters. The molecule has 0 amide bonds. The molecule has 0 aliphatic carbocycles. The zero-order valence-electron chi connectivity index (χ0n) is 6.99. The van der Waals surface area contributed by atoms with Crippen LogP contribution in [0.25, 0.3) is 0 Å². The molecule has 1 heterocycles. The summed E-state index contributed by atoms with van der Waals surface area (Å²) < 4.78 is 0. The van der Waals surface area contributed by atoms with Crippen molar-refractivity contribution in [3.8, 4) is 17.2 Å². The number of rotatable bonds is 1. The number of aromatic hydroxyl groups is 3. The average molecular weight is 181 g/mol. The Morgan fingerprint density at radius 2 is 1.69 bits per heavy atom. The van der Waals surface area contributed by atoms with Gasteiger partial charge in [0.25, 0.3) is 0 Å². The first-order valence-electron chi connectivity index (χ1n) is 4.16. The van der Waals surface area contributed by atoms with Gasteiger partial charge in [-0.05, 0) is 13.0 Å². The summed E-state index contributed by atoms with van der Waals surface area (Å²) in [6.45, 7) is 0.893. The Bertz CT molecular complexity index is 311. The van der Waals surface area contributed by atoms with Crippen molar-refractivity contribution in [2.45, 2.75) is 12.5 Å². The van der Waals surface area contributed by atoms with Gasteiger partial charge in [0.1, 0.15) is 17.2 Å². The second-order valence-electron chi connectivity index (χ2n) is 3.19. The highest BCUT2D eigenvalue weighted by atomic mass is 16.3. The molecule has 4 nitrogen and oxygen atoms in total. The van der Waals surface area contributed by atoms with Crippen molar-refractivity contribution in [1.82, 2.24) is 5.32 Å². The molecule has 0 bridgehead atoms. The lowest BCUT2D eigenvalue weighted by Gasteiger charge is -2.29. The molecule has 0 aromatic heterocycles. The van der Waals surface area contributed by atoms with Gasteiger partial charge in [0.2, 0.25) is 0 Å². The van der Waals surface area contributed by atoms with Crippen LogP contribution in [0.3, 0.4) is 0 Å². The van der Waals surface area contributed by atoms with Crippen molar-refractivity contribution in [3.05, 3.63) is 17.7 Å². The standard InChI is InChI=1S/C9H11NO3/c11-5-3-7(12)9(8(13)4-5)6-1-2-10-6/h3-4,6,10-13H,1-2H2/t6-/m1/s1. The Hall–Kier alpha value is -1.42. The van der Waals surface area contributed by atoms with Gasteiger partial charge in [-0.1, -0.05) is 0 Å². The van der Waals surface area contributed by atoms with E-state index in [1.165, 1.54) is 12.1 Å². The van der Waals surface area contributed by atoms with E-state index in [2.05, 4.69) is 5.32 Å². The van der Waals surface area contributed by atoms with Crippen LogP contribution in [0.5, 0.6) is 17.2 Å². The maximum Gasteiger partial charge on any atom is 0.127 e. The summed E-state index contributed by atoms with van der Waals surface area (Å²) in [4.78, 5) is 0. The molecule has 4 N–H and O–H groups in total. The van der Waals surface area contributed by atoms with Crippen LogP contribution in [0.2, 0.25) is 0 Å². The third-order valence-electron chi connectivity index (χ3n) is 2.29. The molecule has 0 saturated carbocycles. The average Bonchev–Trinajstić information content (AvgIpc) is 1.92. The molecule has 1 aromatic carbocycles. The number of phenols is 3. The van der Waals surface area contributed by atoms with Gasteiger partial charge in [-0.15, -0.1) is 0 Å². The Balaban J connectivity index is 2.43. The van der Waals surface area contributed by atoms with Gasteiger partial charge >= 0.3 is 0 Å². The smallest absolute Gasteiger partial charge is 0.127 e. The molecule has 1 aliphatic heterocycles. The van der Waals surface area contributed by atoms with Gasteiger partial charge in [-0.2, -0.15) is 0 Å². The lowest BCUT2D eigenvalue weighted by molar-refractivity contribution is 0.343. The third kappa shape index (κ3) is 1.29. The topological polar surface area (TPSA) is 72.7 Å². The second-order valence-corrected chi connectivity index (χ2v) is 3.19. The van der Waals surface area contributed by atoms with Crippen molar-refractivity contribution in [2.75, 3.05) is 6.54 Å². The van der Waals surface area contributed by atoms with Crippen molar-refractivity contribution in [2.24, 2.45) is 0 Å². The zero-order valence-corrected chi connectivity index (χ0v) is 6.99. The number of hydrogen-bond donors (Lipinski definition) is 4. The molecule has 0 radical (unpaired) electrons. The highest BCUT2D eigenvalue weighted by Crippen LogP contribution is 2.39. The van der Waals surface area contributed by atoms with Crippen LogP contribution in [0.15, 0.2) is 12.1 Å². The molecular formula is C9H11NO3. The second kappa shape index (κ2) is 2.81. The summed E-state index contributed by atoms with van der Waals surface area (Å²) in [6.07, 6.45) is 0.895. The fourth-order valence-corrected chi connectivity index (χ4v) is 1.50. The number of nitrogens with one attached hydrogen (secondary N) is 1. The van der Waals surface area contributed by atoms with Gasteiger partial charge < -0.3 is 20.6 Å². The van der Waals surface area contributed by atoms with Gasteiger partial charge in [-0.3, -0.25) is 0 Å². The monoisotopic (exact) mass is 181 g/mol. The van der Waals surface area contributed by atoms with Crippen LogP contribution < -0.4 is 5.32 Å². The highest BCUT2D eigenvalue weighted by molar-refractivity contribution is 5.50. The lowest BCUT2D eigenvalue weighted by atomic mass is 9.96. The normalized spacial score (nSPS) is 21.1. The van der Waals surface area contributed by atoms with Crippen LogP contribution in [-0.4, -0.2) is 21.9 Å². The number of phenolic OH excluding ortho intramolecular Hbond substituents is 3. The summed E-state index contributed by atoms with van der Waals surface area (Å²) in [6, 6.07) is 2.48. The summed E-state index contributed by atoms with van der Waals surface area (Å²) in [5.74, 6) is -0.248. The van der Waals surface area contributed by atoms with Gasteiger partial charge in [0.05, 0.1) is 5.56 Å². The van der Waals surface area contributed by atoms with Crippen LogP contribution in [0.4, 0.5) is 0 Å². The van der Waals surface area contributed by atoms with Crippen molar-refractivity contribution >= 4 is 0 Å². The molecule has 1 fully saturated rings. The Morgan fingerprint density at radius 1 is 1.15 bits per heavy atom. The Kier molecular flexibility index (Phi) is 1.77. The van der Waals surface area contributed by atoms with E-state index in [0.29, 0.717) is 5.56 Å². The molecule has 0 unspecified atom stereocenters. The first kappa shape index (κ1) is 8.19. The zero-order chi connectivity index (χ0) is 9.42. The molecule has 4 heteroatoms. The SMILES string of the molecule is Oc1cc(O)c([C@H]2CCN2)c(O)c1. The Morgan fingerprint density at radius 3 is 2.08 bits per heavy atom. The van der Waals surface area contributed by atoms with Crippen molar-refractivity contribution in [3.63, 3.8) is 0 Å². The molecule has 1 aliphatic rings. The van der Waals surface area contributed by atoms with Crippen LogP contribution in [-0.2, 0) is 0 Å². The minimum atomic E-state index is -0.127. The highest BCUT2D eigenvalue weighted by Gasteiger charge is 2.25. The maximum atomic E-state index is 9.45. The van der Waals surface area contributed by atoms with Crippen LogP contribution >= 0.6 is 0 Å². The van der Waals surface area contributed by atoms with E-state index in [4.69, 9.17) is 5.11 Å². The first-order chi connectivity index (χ1) is 6.18. The van der Waals surface area contributed by atoms with E-state index in [1.54, 1.807) is 0 Å². The van der Waals surface area contributed by atoms with E-state index in [9.17, 15) is 10.2 Å². The minimum Gasteiger partial charge on any atom is -0.508 e. The first-order valence-corrected chi connectivity index (χ1v) is 4.16. The minimum absolute atomic E-state index is 0.0144. The molecule has 0 spiro atoms. The quantitative estimate of drug-likeness (QED) is 0.518. The van der Waals surface area contributed by atoms with Crippen molar-refractivity contribution < 1.29 is 15.3 Å². The van der Waals surface area contributed by atoms with Gasteiger partial charge in [0, 0.05) is 18.2 Å². The van der Waals surface area contributed by atoms with Gasteiger partial charge in [0.15, 0.2) is 0 Å². The van der Waals surface area contributed by atoms with E-state index in [0.717, 1.165) is 13.0 Å².